The zero-order valence-electron chi connectivity index (χ0n) is 5.81. The van der Waals surface area contributed by atoms with E-state index in [0.29, 0.717) is 5.92 Å². The molecule has 0 radical (unpaired) electrons. The van der Waals surface area contributed by atoms with Crippen molar-refractivity contribution in [3.05, 3.63) is 12.2 Å². The van der Waals surface area contributed by atoms with E-state index in [2.05, 4.69) is 6.58 Å². The molecule has 1 unspecified atom stereocenters. The Bertz CT molecular complexity index is 84.4. The van der Waals surface area contributed by atoms with Gasteiger partial charge >= 0.3 is 0 Å². The van der Waals surface area contributed by atoms with Crippen LogP contribution in [0.25, 0.3) is 0 Å². The predicted octanol–water partition coefficient (Wildman–Crippen LogP) is 1.58. The Hall–Kier alpha value is -0.300. The van der Waals surface area contributed by atoms with Crippen molar-refractivity contribution in [1.82, 2.24) is 0 Å². The number of rotatable bonds is 2. The molecule has 0 aromatic carbocycles. The van der Waals surface area contributed by atoms with Crippen molar-refractivity contribution in [2.75, 3.05) is 0 Å². The van der Waals surface area contributed by atoms with Crippen molar-refractivity contribution < 1.29 is 5.11 Å². The highest BCUT2D eigenvalue weighted by molar-refractivity contribution is 4.97. The molecule has 0 saturated carbocycles. The molecule has 0 saturated heterocycles. The first kappa shape index (κ1) is 7.70. The molecule has 0 spiro atoms. The van der Waals surface area contributed by atoms with Gasteiger partial charge in [0.05, 0.1) is 6.10 Å². The van der Waals surface area contributed by atoms with Gasteiger partial charge in [0.2, 0.25) is 0 Å². The topological polar surface area (TPSA) is 20.2 Å². The highest BCUT2D eigenvalue weighted by Crippen LogP contribution is 2.07. The third kappa shape index (κ3) is 2.12. The van der Waals surface area contributed by atoms with Crippen LogP contribution in [0.4, 0.5) is 0 Å². The van der Waals surface area contributed by atoms with Gasteiger partial charge < -0.3 is 5.11 Å². The monoisotopic (exact) mass is 114 g/mol. The molecule has 0 bridgehead atoms. The Morgan fingerprint density at radius 2 is 1.88 bits per heavy atom. The molecule has 0 aliphatic rings. The molecule has 0 aliphatic heterocycles. The molecule has 0 rings (SSSR count). The minimum absolute atomic E-state index is 0.299. The van der Waals surface area contributed by atoms with Crippen LogP contribution in [-0.2, 0) is 0 Å². The van der Waals surface area contributed by atoms with Crippen LogP contribution in [0.1, 0.15) is 20.8 Å². The highest BCUT2D eigenvalue weighted by Gasteiger charge is 2.07. The summed E-state index contributed by atoms with van der Waals surface area (Å²) in [5, 5.41) is 9.10. The van der Waals surface area contributed by atoms with Gasteiger partial charge in [-0.2, -0.15) is 0 Å². The van der Waals surface area contributed by atoms with Crippen molar-refractivity contribution in [2.45, 2.75) is 26.9 Å². The summed E-state index contributed by atoms with van der Waals surface area (Å²) in [6.07, 6.45) is -0.324. The molecule has 0 aromatic heterocycles. The van der Waals surface area contributed by atoms with Gasteiger partial charge in [-0.15, -0.1) is 0 Å². The van der Waals surface area contributed by atoms with Gasteiger partial charge in [0.25, 0.3) is 0 Å². The van der Waals surface area contributed by atoms with Crippen LogP contribution >= 0.6 is 0 Å². The van der Waals surface area contributed by atoms with Gasteiger partial charge in [-0.1, -0.05) is 26.0 Å². The minimum atomic E-state index is -0.324. The molecule has 0 aromatic rings. The third-order valence-corrected chi connectivity index (χ3v) is 1.14. The summed E-state index contributed by atoms with van der Waals surface area (Å²) in [7, 11) is 0. The third-order valence-electron chi connectivity index (χ3n) is 1.14. The fraction of sp³-hybridized carbons (Fsp3) is 0.714. The van der Waals surface area contributed by atoms with Crippen LogP contribution in [0.3, 0.4) is 0 Å². The van der Waals surface area contributed by atoms with E-state index in [1.54, 1.807) is 0 Å². The second kappa shape index (κ2) is 2.88. The lowest BCUT2D eigenvalue weighted by Gasteiger charge is -2.12. The van der Waals surface area contributed by atoms with E-state index in [1.165, 1.54) is 0 Å². The SMILES string of the molecule is C=C(C)C(O)C(C)C. The van der Waals surface area contributed by atoms with E-state index in [4.69, 9.17) is 5.11 Å². The summed E-state index contributed by atoms with van der Waals surface area (Å²) in [6, 6.07) is 0. The first-order valence-corrected chi connectivity index (χ1v) is 2.89. The summed E-state index contributed by atoms with van der Waals surface area (Å²) in [5.41, 5.74) is 0.847. The second-order valence-electron chi connectivity index (χ2n) is 2.54. The van der Waals surface area contributed by atoms with Crippen LogP contribution in [-0.4, -0.2) is 11.2 Å². The lowest BCUT2D eigenvalue weighted by molar-refractivity contribution is 0.161. The fourth-order valence-electron chi connectivity index (χ4n) is 0.569. The molecule has 0 amide bonds. The average molecular weight is 114 g/mol. The smallest absolute Gasteiger partial charge is 0.0767 e. The van der Waals surface area contributed by atoms with Crippen LogP contribution in [0.2, 0.25) is 0 Å². The summed E-state index contributed by atoms with van der Waals surface area (Å²) >= 11 is 0. The van der Waals surface area contributed by atoms with E-state index >= 15 is 0 Å². The summed E-state index contributed by atoms with van der Waals surface area (Å²) < 4.78 is 0. The Kier molecular flexibility index (Phi) is 2.77. The first-order chi connectivity index (χ1) is 3.55. The van der Waals surface area contributed by atoms with Crippen molar-refractivity contribution >= 4 is 0 Å². The van der Waals surface area contributed by atoms with Gasteiger partial charge in [-0.05, 0) is 12.8 Å². The maximum atomic E-state index is 9.10. The molecule has 1 nitrogen and oxygen atoms in total. The molecular formula is C7H14O. The lowest BCUT2D eigenvalue weighted by Crippen LogP contribution is -2.14. The lowest BCUT2D eigenvalue weighted by atomic mass is 10.0. The molecule has 48 valence electrons. The quantitative estimate of drug-likeness (QED) is 0.540. The van der Waals surface area contributed by atoms with E-state index < -0.39 is 0 Å². The normalized spacial score (nSPS) is 14.1. The largest absolute Gasteiger partial charge is 0.389 e. The predicted molar refractivity (Wildman–Crippen MR) is 35.7 cm³/mol. The van der Waals surface area contributed by atoms with Gasteiger partial charge in [0, 0.05) is 0 Å². The second-order valence-corrected chi connectivity index (χ2v) is 2.54. The Morgan fingerprint density at radius 3 is 1.88 bits per heavy atom. The Morgan fingerprint density at radius 1 is 1.50 bits per heavy atom. The zero-order valence-corrected chi connectivity index (χ0v) is 5.81. The van der Waals surface area contributed by atoms with E-state index in [1.807, 2.05) is 20.8 Å². The number of aliphatic hydroxyl groups is 1. The number of hydrogen-bond donors (Lipinski definition) is 1. The maximum Gasteiger partial charge on any atom is 0.0767 e. The van der Waals surface area contributed by atoms with Crippen LogP contribution in [0.5, 0.6) is 0 Å². The highest BCUT2D eigenvalue weighted by atomic mass is 16.3. The van der Waals surface area contributed by atoms with E-state index in [0.717, 1.165) is 5.57 Å². The standard InChI is InChI=1S/C7H14O/c1-5(2)7(8)6(3)4/h6-8H,1H2,2-4H3. The maximum absolute atomic E-state index is 9.10. The minimum Gasteiger partial charge on any atom is -0.389 e. The van der Waals surface area contributed by atoms with E-state index in [9.17, 15) is 0 Å². The van der Waals surface area contributed by atoms with E-state index in [-0.39, 0.29) is 6.10 Å². The summed E-state index contributed by atoms with van der Waals surface area (Å²) in [5.74, 6) is 0.299. The van der Waals surface area contributed by atoms with Gasteiger partial charge in [-0.3, -0.25) is 0 Å². The molecule has 0 aliphatic carbocycles. The molecular weight excluding hydrogens is 100 g/mol. The average Bonchev–Trinajstić information content (AvgIpc) is 1.64. The van der Waals surface area contributed by atoms with Crippen molar-refractivity contribution in [1.29, 1.82) is 0 Å². The van der Waals surface area contributed by atoms with Crippen molar-refractivity contribution in [2.24, 2.45) is 5.92 Å². The molecule has 8 heavy (non-hydrogen) atoms. The summed E-state index contributed by atoms with van der Waals surface area (Å²) in [6.45, 7) is 9.41. The van der Waals surface area contributed by atoms with Crippen molar-refractivity contribution in [3.63, 3.8) is 0 Å². The molecule has 0 heterocycles. The number of hydrogen-bond acceptors (Lipinski definition) is 1. The van der Waals surface area contributed by atoms with Gasteiger partial charge in [0.15, 0.2) is 0 Å². The Labute approximate surface area is 51.0 Å². The first-order valence-electron chi connectivity index (χ1n) is 2.89. The van der Waals surface area contributed by atoms with Crippen molar-refractivity contribution in [3.8, 4) is 0 Å². The number of aliphatic hydroxyl groups excluding tert-OH is 1. The van der Waals surface area contributed by atoms with Crippen LogP contribution < -0.4 is 0 Å². The van der Waals surface area contributed by atoms with Gasteiger partial charge in [-0.25, -0.2) is 0 Å². The fourth-order valence-corrected chi connectivity index (χ4v) is 0.569. The molecule has 1 heteroatoms. The molecule has 0 fully saturated rings. The zero-order chi connectivity index (χ0) is 6.73. The molecule has 1 N–H and O–H groups in total. The Balaban J connectivity index is 3.64. The van der Waals surface area contributed by atoms with Crippen LogP contribution in [0.15, 0.2) is 12.2 Å². The molecule has 1 atom stereocenters. The van der Waals surface area contributed by atoms with Gasteiger partial charge in [0.1, 0.15) is 0 Å². The van der Waals surface area contributed by atoms with Crippen LogP contribution in [0, 0.1) is 5.92 Å². The summed E-state index contributed by atoms with van der Waals surface area (Å²) in [4.78, 5) is 0.